The number of hydrogen-bond acceptors (Lipinski definition) is 7. The highest BCUT2D eigenvalue weighted by Crippen LogP contribution is 2.20. The Balaban J connectivity index is 4.01. The molecule has 0 fully saturated rings. The fourth-order valence-corrected chi connectivity index (χ4v) is 6.11. The van der Waals surface area contributed by atoms with Crippen LogP contribution in [0.15, 0.2) is 0 Å². The molecule has 51 heavy (non-hydrogen) atoms. The molecular formula is C39H67NO11. The van der Waals surface area contributed by atoms with Crippen LogP contribution in [0.3, 0.4) is 0 Å². The molecule has 0 saturated heterocycles. The molecule has 0 aliphatic heterocycles. The number of hydrogen-bond donors (Lipinski definition) is 5. The lowest BCUT2D eigenvalue weighted by Gasteiger charge is -2.14. The van der Waals surface area contributed by atoms with Crippen LogP contribution in [-0.4, -0.2) is 68.3 Å². The number of Topliss-reactive ketones (excluding diaryl/α,β-unsaturated/α-hetero) is 2. The maximum Gasteiger partial charge on any atom is 0.306 e. The number of ketones is 2. The van der Waals surface area contributed by atoms with Crippen LogP contribution in [0, 0.1) is 17.8 Å². The Kier molecular flexibility index (Phi) is 29.4. The molecule has 0 unspecified atom stereocenters. The van der Waals surface area contributed by atoms with Gasteiger partial charge in [0.15, 0.2) is 0 Å². The zero-order chi connectivity index (χ0) is 38.3. The normalized spacial score (nSPS) is 12.9. The summed E-state index contributed by atoms with van der Waals surface area (Å²) in [5.74, 6) is -7.35. The summed E-state index contributed by atoms with van der Waals surface area (Å²) in [6.45, 7) is 1.97. The molecule has 3 atom stereocenters. The van der Waals surface area contributed by atoms with E-state index in [1.54, 1.807) is 6.92 Å². The van der Waals surface area contributed by atoms with E-state index in [1.807, 2.05) is 0 Å². The van der Waals surface area contributed by atoms with Gasteiger partial charge in [-0.15, -0.1) is 0 Å². The lowest BCUT2D eigenvalue weighted by molar-refractivity contribution is -0.145. The van der Waals surface area contributed by atoms with Crippen LogP contribution in [0.1, 0.15) is 180 Å². The molecule has 0 bridgehead atoms. The average Bonchev–Trinajstić information content (AvgIpc) is 3.07. The van der Waals surface area contributed by atoms with Crippen LogP contribution in [0.25, 0.3) is 0 Å². The first-order valence-corrected chi connectivity index (χ1v) is 19.5. The third kappa shape index (κ3) is 30.1. The lowest BCUT2D eigenvalue weighted by atomic mass is 9.90. The van der Waals surface area contributed by atoms with Crippen LogP contribution in [0.4, 0.5) is 0 Å². The number of aliphatic carboxylic acids is 4. The molecule has 0 aromatic heterocycles. The van der Waals surface area contributed by atoms with Crippen molar-refractivity contribution in [1.82, 2.24) is 5.32 Å². The summed E-state index contributed by atoms with van der Waals surface area (Å²) in [7, 11) is 0. The van der Waals surface area contributed by atoms with Gasteiger partial charge in [-0.05, 0) is 38.5 Å². The number of carbonyl (C=O) groups excluding carboxylic acids is 3. The first-order chi connectivity index (χ1) is 24.3. The van der Waals surface area contributed by atoms with E-state index in [0.29, 0.717) is 38.6 Å². The molecule has 0 radical (unpaired) electrons. The van der Waals surface area contributed by atoms with Gasteiger partial charge in [0, 0.05) is 45.1 Å². The SMILES string of the molecule is C[C@@H](CCCCNC(=O)CC[C@H](CC(=O)CC[C@H](CC(=O)CCCCCCCCCCCCCCCCCCC(=O)O)C(=O)O)C(=O)O)C(=O)O. The van der Waals surface area contributed by atoms with Crippen molar-refractivity contribution < 1.29 is 54.0 Å². The highest BCUT2D eigenvalue weighted by molar-refractivity contribution is 5.86. The third-order valence-electron chi connectivity index (χ3n) is 9.54. The summed E-state index contributed by atoms with van der Waals surface area (Å²) in [6.07, 6.45) is 19.3. The molecule has 0 aliphatic rings. The summed E-state index contributed by atoms with van der Waals surface area (Å²) in [4.78, 5) is 81.9. The topological polar surface area (TPSA) is 212 Å². The Hall–Kier alpha value is -3.31. The van der Waals surface area contributed by atoms with E-state index >= 15 is 0 Å². The molecule has 0 rings (SSSR count). The van der Waals surface area contributed by atoms with Gasteiger partial charge in [0.05, 0.1) is 17.8 Å². The first-order valence-electron chi connectivity index (χ1n) is 19.5. The number of carbonyl (C=O) groups is 7. The minimum Gasteiger partial charge on any atom is -0.481 e. The first kappa shape index (κ1) is 47.7. The summed E-state index contributed by atoms with van der Waals surface area (Å²) in [5.41, 5.74) is 0. The monoisotopic (exact) mass is 725 g/mol. The van der Waals surface area contributed by atoms with Crippen molar-refractivity contribution in [2.24, 2.45) is 17.8 Å². The van der Waals surface area contributed by atoms with E-state index in [9.17, 15) is 43.8 Å². The predicted molar refractivity (Wildman–Crippen MR) is 194 cm³/mol. The zero-order valence-electron chi connectivity index (χ0n) is 31.2. The molecule has 0 aromatic carbocycles. The van der Waals surface area contributed by atoms with E-state index in [-0.39, 0.29) is 56.6 Å². The summed E-state index contributed by atoms with van der Waals surface area (Å²) < 4.78 is 0. The molecule has 0 saturated carbocycles. The number of amides is 1. The number of nitrogens with one attached hydrogen (secondary N) is 1. The Morgan fingerprint density at radius 3 is 1.24 bits per heavy atom. The van der Waals surface area contributed by atoms with Gasteiger partial charge in [-0.1, -0.05) is 103 Å². The Labute approximate surface area is 304 Å². The zero-order valence-corrected chi connectivity index (χ0v) is 31.2. The minimum atomic E-state index is -1.20. The second kappa shape index (κ2) is 31.4. The molecule has 1 amide bonds. The molecule has 294 valence electrons. The van der Waals surface area contributed by atoms with Crippen molar-refractivity contribution in [3.63, 3.8) is 0 Å². The fraction of sp³-hybridized carbons (Fsp3) is 0.821. The van der Waals surface area contributed by atoms with Crippen LogP contribution >= 0.6 is 0 Å². The van der Waals surface area contributed by atoms with Gasteiger partial charge in [-0.2, -0.15) is 0 Å². The third-order valence-corrected chi connectivity index (χ3v) is 9.54. The van der Waals surface area contributed by atoms with Gasteiger partial charge in [-0.3, -0.25) is 33.6 Å². The maximum absolute atomic E-state index is 12.5. The van der Waals surface area contributed by atoms with Gasteiger partial charge in [0.1, 0.15) is 11.6 Å². The highest BCUT2D eigenvalue weighted by atomic mass is 16.4. The molecule has 0 aliphatic carbocycles. The van der Waals surface area contributed by atoms with Crippen molar-refractivity contribution in [3.05, 3.63) is 0 Å². The number of rotatable bonds is 37. The van der Waals surface area contributed by atoms with Crippen LogP contribution in [0.2, 0.25) is 0 Å². The van der Waals surface area contributed by atoms with Crippen LogP contribution in [-0.2, 0) is 33.6 Å². The van der Waals surface area contributed by atoms with Crippen molar-refractivity contribution in [1.29, 1.82) is 0 Å². The largest absolute Gasteiger partial charge is 0.481 e. The minimum absolute atomic E-state index is 0.0361. The second-order valence-corrected chi connectivity index (χ2v) is 14.3. The van der Waals surface area contributed by atoms with Gasteiger partial charge in [-0.25, -0.2) is 0 Å². The standard InChI is InChI=1S/C39H67NO11/c1-30(37(46)47)20-18-19-27-40-35(43)26-24-32(39(50)51)29-34(42)25-23-31(38(48)49)28-33(41)21-16-14-12-10-8-6-4-2-3-5-7-9-11-13-15-17-22-36(44)45/h30-32H,2-29H2,1H3,(H,40,43)(H,44,45)(H,46,47)(H,48,49)(H,50,51)/t30-,31+,32+/m0/s1. The average molecular weight is 726 g/mol. The van der Waals surface area contributed by atoms with Gasteiger partial charge < -0.3 is 25.7 Å². The number of unbranched alkanes of at least 4 members (excludes halogenated alkanes) is 16. The predicted octanol–water partition coefficient (Wildman–Crippen LogP) is 7.98. The Bertz CT molecular complexity index is 1030. The van der Waals surface area contributed by atoms with Gasteiger partial charge >= 0.3 is 23.9 Å². The van der Waals surface area contributed by atoms with Crippen LogP contribution in [0.5, 0.6) is 0 Å². The van der Waals surface area contributed by atoms with E-state index in [0.717, 1.165) is 38.5 Å². The molecule has 12 nitrogen and oxygen atoms in total. The van der Waals surface area contributed by atoms with E-state index in [2.05, 4.69) is 5.32 Å². The molecule has 0 spiro atoms. The fourth-order valence-electron chi connectivity index (χ4n) is 6.11. The smallest absolute Gasteiger partial charge is 0.306 e. The summed E-state index contributed by atoms with van der Waals surface area (Å²) >= 11 is 0. The Morgan fingerprint density at radius 1 is 0.431 bits per heavy atom. The summed E-state index contributed by atoms with van der Waals surface area (Å²) in [6, 6.07) is 0. The van der Waals surface area contributed by atoms with Gasteiger partial charge in [0.25, 0.3) is 0 Å². The molecule has 12 heteroatoms. The lowest BCUT2D eigenvalue weighted by Crippen LogP contribution is -2.27. The van der Waals surface area contributed by atoms with Crippen molar-refractivity contribution in [2.45, 2.75) is 180 Å². The van der Waals surface area contributed by atoms with E-state index in [4.69, 9.17) is 10.2 Å². The molecule has 0 heterocycles. The van der Waals surface area contributed by atoms with Crippen molar-refractivity contribution in [3.8, 4) is 0 Å². The van der Waals surface area contributed by atoms with Crippen LogP contribution < -0.4 is 5.32 Å². The van der Waals surface area contributed by atoms with Crippen molar-refractivity contribution in [2.75, 3.05) is 6.54 Å². The quantitative estimate of drug-likeness (QED) is 0.0387. The second-order valence-electron chi connectivity index (χ2n) is 14.3. The number of carboxylic acids is 4. The molecule has 5 N–H and O–H groups in total. The highest BCUT2D eigenvalue weighted by Gasteiger charge is 2.25. The molecular weight excluding hydrogens is 658 g/mol. The van der Waals surface area contributed by atoms with Crippen molar-refractivity contribution >= 4 is 41.4 Å². The summed E-state index contributed by atoms with van der Waals surface area (Å²) in [5, 5.41) is 39.3. The number of carboxylic acid groups (broad SMARTS) is 4. The molecule has 0 aromatic rings. The van der Waals surface area contributed by atoms with E-state index < -0.39 is 47.4 Å². The maximum atomic E-state index is 12.5. The van der Waals surface area contributed by atoms with Gasteiger partial charge in [0.2, 0.25) is 5.91 Å². The Morgan fingerprint density at radius 2 is 0.824 bits per heavy atom. The van der Waals surface area contributed by atoms with E-state index in [1.165, 1.54) is 57.8 Å².